The van der Waals surface area contributed by atoms with E-state index >= 15 is 0 Å². The summed E-state index contributed by atoms with van der Waals surface area (Å²) in [7, 11) is 0. The van der Waals surface area contributed by atoms with Crippen LogP contribution in [0, 0.1) is 6.92 Å². The van der Waals surface area contributed by atoms with Crippen molar-refractivity contribution in [2.75, 3.05) is 0 Å². The van der Waals surface area contributed by atoms with E-state index in [1.54, 1.807) is 18.5 Å². The molecule has 6 nitrogen and oxygen atoms in total. The van der Waals surface area contributed by atoms with Crippen LogP contribution in [0.25, 0.3) is 16.9 Å². The first-order chi connectivity index (χ1) is 15.3. The van der Waals surface area contributed by atoms with Gasteiger partial charge >= 0.3 is 5.97 Å². The van der Waals surface area contributed by atoms with E-state index < -0.39 is 5.60 Å². The Morgan fingerprint density at radius 2 is 1.78 bits per heavy atom. The van der Waals surface area contributed by atoms with Crippen molar-refractivity contribution >= 4 is 16.9 Å². The number of fused-ring (bicyclic) bond motifs is 1. The van der Waals surface area contributed by atoms with Gasteiger partial charge in [0, 0.05) is 29.5 Å². The van der Waals surface area contributed by atoms with Gasteiger partial charge in [-0.05, 0) is 63.1 Å². The molecule has 0 saturated carbocycles. The Bertz CT molecular complexity index is 1240. The number of benzene rings is 2. The molecule has 0 aliphatic carbocycles. The molecule has 0 amide bonds. The molecule has 0 atom stereocenters. The Morgan fingerprint density at radius 1 is 1.03 bits per heavy atom. The zero-order valence-electron chi connectivity index (χ0n) is 18.8. The number of carbonyl (C=O) groups excluding carboxylic acids is 1. The maximum Gasteiger partial charge on any atom is 0.310 e. The smallest absolute Gasteiger partial charge is 0.310 e. The number of para-hydroxylation sites is 1. The number of carbonyl (C=O) groups is 1. The van der Waals surface area contributed by atoms with Gasteiger partial charge in [0.2, 0.25) is 5.95 Å². The number of hydrogen-bond donors (Lipinski definition) is 0. The molecule has 0 N–H and O–H groups in total. The fourth-order valence-corrected chi connectivity index (χ4v) is 3.66. The minimum absolute atomic E-state index is 0.166. The van der Waals surface area contributed by atoms with E-state index in [1.807, 2.05) is 55.8 Å². The average Bonchev–Trinajstić information content (AvgIpc) is 3.17. The molecule has 6 heteroatoms. The van der Waals surface area contributed by atoms with Crippen molar-refractivity contribution in [3.8, 4) is 11.7 Å². The maximum absolute atomic E-state index is 12.3. The molecule has 164 valence electrons. The van der Waals surface area contributed by atoms with Crippen LogP contribution in [0.5, 0.6) is 5.75 Å². The van der Waals surface area contributed by atoms with Crippen molar-refractivity contribution < 1.29 is 14.3 Å². The van der Waals surface area contributed by atoms with Gasteiger partial charge in [0.25, 0.3) is 0 Å². The number of esters is 1. The normalized spacial score (nSPS) is 11.5. The molecule has 2 aromatic heterocycles. The highest BCUT2D eigenvalue weighted by Gasteiger charge is 2.18. The van der Waals surface area contributed by atoms with Crippen LogP contribution in [0.3, 0.4) is 0 Å². The van der Waals surface area contributed by atoms with Gasteiger partial charge in [0.05, 0.1) is 11.9 Å². The van der Waals surface area contributed by atoms with Crippen molar-refractivity contribution in [1.29, 1.82) is 0 Å². The molecule has 0 fully saturated rings. The second-order valence-electron chi connectivity index (χ2n) is 8.74. The third-order valence-corrected chi connectivity index (χ3v) is 4.96. The topological polar surface area (TPSA) is 66.2 Å². The summed E-state index contributed by atoms with van der Waals surface area (Å²) in [6.07, 6.45) is 5.61. The number of hydrogen-bond acceptors (Lipinski definition) is 5. The summed E-state index contributed by atoms with van der Waals surface area (Å²) in [5.41, 5.74) is 3.49. The van der Waals surface area contributed by atoms with Gasteiger partial charge in [-0.2, -0.15) is 0 Å². The van der Waals surface area contributed by atoms with Crippen LogP contribution in [-0.4, -0.2) is 26.1 Å². The summed E-state index contributed by atoms with van der Waals surface area (Å²) in [6, 6.07) is 15.7. The maximum atomic E-state index is 12.3. The van der Waals surface area contributed by atoms with Gasteiger partial charge in [-0.1, -0.05) is 24.3 Å². The molecule has 0 radical (unpaired) electrons. The number of nitrogens with zero attached hydrogens (tertiary/aromatic N) is 3. The zero-order valence-corrected chi connectivity index (χ0v) is 18.8. The van der Waals surface area contributed by atoms with Gasteiger partial charge in [0.1, 0.15) is 18.0 Å². The molecular weight excluding hydrogens is 402 g/mol. The van der Waals surface area contributed by atoms with Crippen molar-refractivity contribution in [1.82, 2.24) is 14.5 Å². The van der Waals surface area contributed by atoms with Crippen LogP contribution in [0.4, 0.5) is 0 Å². The van der Waals surface area contributed by atoms with Crippen LogP contribution < -0.4 is 4.74 Å². The standard InChI is InChI=1S/C26H27N3O3/c1-18-14-19(15-22-21(18)10-13-29(22)25-27-11-7-12-28-25)17-31-23-9-6-5-8-20(23)16-24(30)32-26(2,3)4/h5-15H,16-17H2,1-4H3. The van der Waals surface area contributed by atoms with Gasteiger partial charge in [-0.3, -0.25) is 9.36 Å². The number of aromatic nitrogens is 3. The quantitative estimate of drug-likeness (QED) is 0.395. The Kier molecular flexibility index (Phi) is 5.95. The summed E-state index contributed by atoms with van der Waals surface area (Å²) in [5, 5.41) is 1.14. The molecule has 2 aromatic carbocycles. The summed E-state index contributed by atoms with van der Waals surface area (Å²) in [5.74, 6) is 1.03. The molecule has 0 unspecified atom stereocenters. The number of aryl methyl sites for hydroxylation is 1. The number of ether oxygens (including phenoxy) is 2. The lowest BCUT2D eigenvalue weighted by atomic mass is 10.1. The Morgan fingerprint density at radius 3 is 2.53 bits per heavy atom. The second-order valence-corrected chi connectivity index (χ2v) is 8.74. The summed E-state index contributed by atoms with van der Waals surface area (Å²) < 4.78 is 13.6. The molecule has 0 aliphatic rings. The SMILES string of the molecule is Cc1cc(COc2ccccc2CC(=O)OC(C)(C)C)cc2c1ccn2-c1ncccn1. The highest BCUT2D eigenvalue weighted by molar-refractivity contribution is 5.85. The molecule has 0 saturated heterocycles. The second kappa shape index (κ2) is 8.83. The Labute approximate surface area is 187 Å². The van der Waals surface area contributed by atoms with E-state index in [4.69, 9.17) is 9.47 Å². The van der Waals surface area contributed by atoms with Crippen LogP contribution in [0.1, 0.15) is 37.5 Å². The first-order valence-corrected chi connectivity index (χ1v) is 10.6. The lowest BCUT2D eigenvalue weighted by Crippen LogP contribution is -2.25. The van der Waals surface area contributed by atoms with E-state index in [9.17, 15) is 4.79 Å². The molecule has 32 heavy (non-hydrogen) atoms. The highest BCUT2D eigenvalue weighted by Crippen LogP contribution is 2.26. The van der Waals surface area contributed by atoms with E-state index in [-0.39, 0.29) is 12.4 Å². The highest BCUT2D eigenvalue weighted by atomic mass is 16.6. The lowest BCUT2D eigenvalue weighted by molar-refractivity contribution is -0.153. The average molecular weight is 430 g/mol. The Hall–Kier alpha value is -3.67. The van der Waals surface area contributed by atoms with E-state index in [0.29, 0.717) is 18.3 Å². The van der Waals surface area contributed by atoms with Gasteiger partial charge in [-0.25, -0.2) is 9.97 Å². The zero-order chi connectivity index (χ0) is 22.7. The summed E-state index contributed by atoms with van der Waals surface area (Å²) >= 11 is 0. The van der Waals surface area contributed by atoms with Crippen LogP contribution in [0.15, 0.2) is 67.1 Å². The third kappa shape index (κ3) is 4.97. The first-order valence-electron chi connectivity index (χ1n) is 10.6. The largest absolute Gasteiger partial charge is 0.489 e. The van der Waals surface area contributed by atoms with Gasteiger partial charge in [-0.15, -0.1) is 0 Å². The molecule has 2 heterocycles. The Balaban J connectivity index is 1.56. The molecule has 0 aliphatic heterocycles. The summed E-state index contributed by atoms with van der Waals surface area (Å²) in [4.78, 5) is 21.0. The predicted molar refractivity (Wildman–Crippen MR) is 124 cm³/mol. The van der Waals surface area contributed by atoms with E-state index in [2.05, 4.69) is 35.1 Å². The third-order valence-electron chi connectivity index (χ3n) is 4.96. The first kappa shape index (κ1) is 21.6. The molecule has 4 aromatic rings. The fourth-order valence-electron chi connectivity index (χ4n) is 3.66. The van der Waals surface area contributed by atoms with Gasteiger partial charge in [0.15, 0.2) is 0 Å². The van der Waals surface area contributed by atoms with Gasteiger partial charge < -0.3 is 9.47 Å². The van der Waals surface area contributed by atoms with Crippen LogP contribution in [0.2, 0.25) is 0 Å². The molecule has 4 rings (SSSR count). The minimum atomic E-state index is -0.517. The molecule has 0 bridgehead atoms. The van der Waals surface area contributed by atoms with Crippen LogP contribution in [-0.2, 0) is 22.6 Å². The predicted octanol–water partition coefficient (Wildman–Crippen LogP) is 5.19. The van der Waals surface area contributed by atoms with Crippen molar-refractivity contribution in [3.05, 3.63) is 83.8 Å². The molecular formula is C26H27N3O3. The van der Waals surface area contributed by atoms with Crippen molar-refractivity contribution in [3.63, 3.8) is 0 Å². The minimum Gasteiger partial charge on any atom is -0.489 e. The van der Waals surface area contributed by atoms with Crippen molar-refractivity contribution in [2.24, 2.45) is 0 Å². The number of rotatable bonds is 6. The van der Waals surface area contributed by atoms with E-state index in [0.717, 1.165) is 27.6 Å². The lowest BCUT2D eigenvalue weighted by Gasteiger charge is -2.20. The summed E-state index contributed by atoms with van der Waals surface area (Å²) in [6.45, 7) is 8.05. The monoisotopic (exact) mass is 429 g/mol. The van der Waals surface area contributed by atoms with E-state index in [1.165, 1.54) is 0 Å². The molecule has 0 spiro atoms. The van der Waals surface area contributed by atoms with Crippen LogP contribution >= 0.6 is 0 Å². The fraction of sp³-hybridized carbons (Fsp3) is 0.269. The van der Waals surface area contributed by atoms with Crippen molar-refractivity contribution in [2.45, 2.75) is 46.3 Å².